The van der Waals surface area contributed by atoms with Crippen LogP contribution in [0.5, 0.6) is 0 Å². The molecule has 19 heavy (non-hydrogen) atoms. The van der Waals surface area contributed by atoms with E-state index in [0.29, 0.717) is 42.6 Å². The number of halogens is 2. The van der Waals surface area contributed by atoms with E-state index in [0.717, 1.165) is 5.56 Å². The molecule has 1 aliphatic heterocycles. The summed E-state index contributed by atoms with van der Waals surface area (Å²) in [5, 5.41) is 1.07. The Kier molecular flexibility index (Phi) is 5.08. The molecule has 2 rings (SSSR count). The van der Waals surface area contributed by atoms with Gasteiger partial charge < -0.3 is 9.64 Å². The van der Waals surface area contributed by atoms with Crippen molar-refractivity contribution in [1.29, 1.82) is 0 Å². The van der Waals surface area contributed by atoms with Crippen LogP contribution in [0.1, 0.15) is 18.9 Å². The zero-order valence-corrected chi connectivity index (χ0v) is 12.4. The number of ether oxygens (including phenoxy) is 1. The smallest absolute Gasteiger partial charge is 0.223 e. The Labute approximate surface area is 123 Å². The molecule has 0 saturated carbocycles. The number of carbonyl (C=O) groups excluding carboxylic acids is 1. The highest BCUT2D eigenvalue weighted by Crippen LogP contribution is 2.23. The predicted molar refractivity (Wildman–Crippen MR) is 76.8 cm³/mol. The lowest BCUT2D eigenvalue weighted by molar-refractivity contribution is -0.139. The number of amides is 1. The van der Waals surface area contributed by atoms with E-state index in [1.54, 1.807) is 6.07 Å². The van der Waals surface area contributed by atoms with Crippen LogP contribution in [-0.4, -0.2) is 36.6 Å². The van der Waals surface area contributed by atoms with Crippen molar-refractivity contribution in [3.63, 3.8) is 0 Å². The van der Waals surface area contributed by atoms with Gasteiger partial charge in [0.2, 0.25) is 5.91 Å². The van der Waals surface area contributed by atoms with Crippen LogP contribution in [0.25, 0.3) is 0 Å². The quantitative estimate of drug-likeness (QED) is 0.858. The van der Waals surface area contributed by atoms with Gasteiger partial charge in [-0.3, -0.25) is 4.79 Å². The second-order valence-electron chi connectivity index (χ2n) is 4.76. The van der Waals surface area contributed by atoms with Crippen molar-refractivity contribution in [3.05, 3.63) is 33.8 Å². The second kappa shape index (κ2) is 6.60. The summed E-state index contributed by atoms with van der Waals surface area (Å²) in [7, 11) is 0. The Hall–Kier alpha value is -0.770. The molecule has 0 aromatic heterocycles. The van der Waals surface area contributed by atoms with E-state index in [1.807, 2.05) is 24.0 Å². The van der Waals surface area contributed by atoms with Gasteiger partial charge in [-0.25, -0.2) is 0 Å². The third kappa shape index (κ3) is 3.85. The molecule has 1 atom stereocenters. The third-order valence-corrected chi connectivity index (χ3v) is 4.04. The molecule has 1 saturated heterocycles. The van der Waals surface area contributed by atoms with Crippen molar-refractivity contribution in [1.82, 2.24) is 4.90 Å². The van der Waals surface area contributed by atoms with Crippen LogP contribution in [0.2, 0.25) is 10.0 Å². The molecule has 1 amide bonds. The number of carbonyl (C=O) groups is 1. The molecule has 0 N–H and O–H groups in total. The van der Waals surface area contributed by atoms with E-state index in [9.17, 15) is 4.79 Å². The lowest BCUT2D eigenvalue weighted by Crippen LogP contribution is -2.47. The Morgan fingerprint density at radius 1 is 1.42 bits per heavy atom. The fraction of sp³-hybridized carbons (Fsp3) is 0.500. The standard InChI is InChI=1S/C14H17Cl2NO2/c1-10-9-19-7-6-17(10)14(18)5-3-11-2-4-12(15)13(16)8-11/h2,4,8,10H,3,5-7,9H2,1H3. The summed E-state index contributed by atoms with van der Waals surface area (Å²) in [4.78, 5) is 14.0. The number of morpholine rings is 1. The highest BCUT2D eigenvalue weighted by atomic mass is 35.5. The van der Waals surface area contributed by atoms with Gasteiger partial charge in [0.25, 0.3) is 0 Å². The molecule has 1 unspecified atom stereocenters. The topological polar surface area (TPSA) is 29.5 Å². The van der Waals surface area contributed by atoms with Gasteiger partial charge in [0.1, 0.15) is 0 Å². The van der Waals surface area contributed by atoms with E-state index >= 15 is 0 Å². The Morgan fingerprint density at radius 2 is 2.21 bits per heavy atom. The van der Waals surface area contributed by atoms with Crippen LogP contribution in [0.3, 0.4) is 0 Å². The monoisotopic (exact) mass is 301 g/mol. The number of benzene rings is 1. The van der Waals surface area contributed by atoms with Crippen LogP contribution < -0.4 is 0 Å². The van der Waals surface area contributed by atoms with Crippen molar-refractivity contribution < 1.29 is 9.53 Å². The zero-order chi connectivity index (χ0) is 13.8. The molecule has 3 nitrogen and oxygen atoms in total. The minimum absolute atomic E-state index is 0.162. The van der Waals surface area contributed by atoms with Gasteiger partial charge in [-0.05, 0) is 31.0 Å². The minimum atomic E-state index is 0.162. The summed E-state index contributed by atoms with van der Waals surface area (Å²) in [6.07, 6.45) is 1.17. The van der Waals surface area contributed by atoms with Gasteiger partial charge in [0.15, 0.2) is 0 Å². The molecule has 0 aliphatic carbocycles. The van der Waals surface area contributed by atoms with Gasteiger partial charge >= 0.3 is 0 Å². The molecule has 1 aromatic rings. The molecule has 104 valence electrons. The maximum atomic E-state index is 12.1. The summed E-state index contributed by atoms with van der Waals surface area (Å²) in [6, 6.07) is 5.65. The molecule has 0 bridgehead atoms. The van der Waals surface area contributed by atoms with Crippen molar-refractivity contribution in [2.75, 3.05) is 19.8 Å². The summed E-state index contributed by atoms with van der Waals surface area (Å²) in [5.41, 5.74) is 1.03. The Morgan fingerprint density at radius 3 is 2.89 bits per heavy atom. The van der Waals surface area contributed by atoms with E-state index in [-0.39, 0.29) is 11.9 Å². The number of nitrogens with zero attached hydrogens (tertiary/aromatic N) is 1. The minimum Gasteiger partial charge on any atom is -0.377 e. The van der Waals surface area contributed by atoms with Crippen LogP contribution >= 0.6 is 23.2 Å². The van der Waals surface area contributed by atoms with Crippen molar-refractivity contribution in [3.8, 4) is 0 Å². The van der Waals surface area contributed by atoms with Gasteiger partial charge in [-0.2, -0.15) is 0 Å². The first-order valence-electron chi connectivity index (χ1n) is 6.39. The van der Waals surface area contributed by atoms with E-state index in [1.165, 1.54) is 0 Å². The third-order valence-electron chi connectivity index (χ3n) is 3.30. The van der Waals surface area contributed by atoms with Crippen molar-refractivity contribution in [2.45, 2.75) is 25.8 Å². The highest BCUT2D eigenvalue weighted by Gasteiger charge is 2.23. The molecular weight excluding hydrogens is 285 g/mol. The predicted octanol–water partition coefficient (Wildman–Crippen LogP) is 3.17. The van der Waals surface area contributed by atoms with Crippen LogP contribution in [-0.2, 0) is 16.0 Å². The summed E-state index contributed by atoms with van der Waals surface area (Å²) in [6.45, 7) is 3.94. The van der Waals surface area contributed by atoms with E-state index in [2.05, 4.69) is 0 Å². The number of aryl methyl sites for hydroxylation is 1. The van der Waals surface area contributed by atoms with Crippen LogP contribution in [0, 0.1) is 0 Å². The van der Waals surface area contributed by atoms with E-state index < -0.39 is 0 Å². The SMILES string of the molecule is CC1COCCN1C(=O)CCc1ccc(Cl)c(Cl)c1. The molecule has 1 fully saturated rings. The number of hydrogen-bond acceptors (Lipinski definition) is 2. The maximum Gasteiger partial charge on any atom is 0.223 e. The summed E-state index contributed by atoms with van der Waals surface area (Å²) in [5.74, 6) is 0.168. The van der Waals surface area contributed by atoms with Crippen LogP contribution in [0.4, 0.5) is 0 Å². The molecular formula is C14H17Cl2NO2. The van der Waals surface area contributed by atoms with Crippen molar-refractivity contribution >= 4 is 29.1 Å². The molecule has 1 aromatic carbocycles. The van der Waals surface area contributed by atoms with Crippen molar-refractivity contribution in [2.24, 2.45) is 0 Å². The largest absolute Gasteiger partial charge is 0.377 e. The van der Waals surface area contributed by atoms with Gasteiger partial charge in [-0.15, -0.1) is 0 Å². The number of rotatable bonds is 3. The number of hydrogen-bond donors (Lipinski definition) is 0. The average molecular weight is 302 g/mol. The molecule has 0 radical (unpaired) electrons. The van der Waals surface area contributed by atoms with Gasteiger partial charge in [0.05, 0.1) is 29.3 Å². The first-order chi connectivity index (χ1) is 9.08. The first kappa shape index (κ1) is 14.6. The second-order valence-corrected chi connectivity index (χ2v) is 5.57. The van der Waals surface area contributed by atoms with Gasteiger partial charge in [0, 0.05) is 13.0 Å². The zero-order valence-electron chi connectivity index (χ0n) is 10.9. The molecule has 1 aliphatic rings. The maximum absolute atomic E-state index is 12.1. The molecule has 1 heterocycles. The summed E-state index contributed by atoms with van der Waals surface area (Å²) >= 11 is 11.8. The summed E-state index contributed by atoms with van der Waals surface area (Å²) < 4.78 is 5.33. The lowest BCUT2D eigenvalue weighted by atomic mass is 10.1. The normalized spacial score (nSPS) is 19.5. The first-order valence-corrected chi connectivity index (χ1v) is 7.14. The molecule has 0 spiro atoms. The Balaban J connectivity index is 1.90. The fourth-order valence-electron chi connectivity index (χ4n) is 2.19. The fourth-order valence-corrected chi connectivity index (χ4v) is 2.51. The van der Waals surface area contributed by atoms with Crippen LogP contribution in [0.15, 0.2) is 18.2 Å². The van der Waals surface area contributed by atoms with Gasteiger partial charge in [-0.1, -0.05) is 29.3 Å². The molecule has 5 heteroatoms. The van der Waals surface area contributed by atoms with E-state index in [4.69, 9.17) is 27.9 Å². The Bertz CT molecular complexity index is 465. The lowest BCUT2D eigenvalue weighted by Gasteiger charge is -2.33. The average Bonchev–Trinajstić information content (AvgIpc) is 2.40. The highest BCUT2D eigenvalue weighted by molar-refractivity contribution is 6.42.